The summed E-state index contributed by atoms with van der Waals surface area (Å²) in [4.78, 5) is 16.0. The molecule has 0 atom stereocenters. The first-order valence-corrected chi connectivity index (χ1v) is 6.59. The summed E-state index contributed by atoms with van der Waals surface area (Å²) < 4.78 is 0. The van der Waals surface area contributed by atoms with Gasteiger partial charge in [-0.1, -0.05) is 6.07 Å². The average Bonchev–Trinajstić information content (AvgIpc) is 2.34. The Morgan fingerprint density at radius 1 is 1.32 bits per heavy atom. The van der Waals surface area contributed by atoms with Gasteiger partial charge in [0.15, 0.2) is 0 Å². The van der Waals surface area contributed by atoms with E-state index in [1.807, 2.05) is 33.2 Å². The van der Waals surface area contributed by atoms with Crippen LogP contribution in [-0.4, -0.2) is 49.6 Å². The van der Waals surface area contributed by atoms with Crippen molar-refractivity contribution in [3.8, 4) is 0 Å². The van der Waals surface area contributed by atoms with Gasteiger partial charge in [0.1, 0.15) is 0 Å². The lowest BCUT2D eigenvalue weighted by Gasteiger charge is -2.22. The van der Waals surface area contributed by atoms with Crippen LogP contribution in [0, 0.1) is 0 Å². The Kier molecular flexibility index (Phi) is 6.15. The number of urea groups is 1. The molecule has 0 saturated carbocycles. The molecule has 0 spiro atoms. The summed E-state index contributed by atoms with van der Waals surface area (Å²) in [6.07, 6.45) is 0.963. The standard InChI is InChI=1S/C14H24N4O/c1-4-18(10-6-9-17(2)3)14(19)16-13-8-5-7-12(15)11-13/h5,7-8,11H,4,6,9-10,15H2,1-3H3,(H,16,19). The highest BCUT2D eigenvalue weighted by Crippen LogP contribution is 2.12. The number of nitrogens with zero attached hydrogens (tertiary/aromatic N) is 2. The van der Waals surface area contributed by atoms with Crippen LogP contribution in [0.25, 0.3) is 0 Å². The highest BCUT2D eigenvalue weighted by molar-refractivity contribution is 5.89. The molecule has 106 valence electrons. The van der Waals surface area contributed by atoms with Crippen LogP contribution in [0.3, 0.4) is 0 Å². The molecule has 2 amide bonds. The molecule has 19 heavy (non-hydrogen) atoms. The van der Waals surface area contributed by atoms with Crippen molar-refractivity contribution in [3.63, 3.8) is 0 Å². The van der Waals surface area contributed by atoms with E-state index in [1.165, 1.54) is 0 Å². The van der Waals surface area contributed by atoms with E-state index in [0.717, 1.165) is 25.2 Å². The van der Waals surface area contributed by atoms with Gasteiger partial charge in [-0.3, -0.25) is 0 Å². The molecule has 0 aliphatic heterocycles. The lowest BCUT2D eigenvalue weighted by molar-refractivity contribution is 0.211. The van der Waals surface area contributed by atoms with Gasteiger partial charge >= 0.3 is 6.03 Å². The maximum atomic E-state index is 12.1. The fourth-order valence-electron chi connectivity index (χ4n) is 1.80. The number of nitrogens with one attached hydrogen (secondary N) is 1. The largest absolute Gasteiger partial charge is 0.399 e. The fourth-order valence-corrected chi connectivity index (χ4v) is 1.80. The Morgan fingerprint density at radius 3 is 2.63 bits per heavy atom. The summed E-state index contributed by atoms with van der Waals surface area (Å²) in [6, 6.07) is 7.14. The lowest BCUT2D eigenvalue weighted by Crippen LogP contribution is -2.36. The summed E-state index contributed by atoms with van der Waals surface area (Å²) in [5.74, 6) is 0. The van der Waals surface area contributed by atoms with E-state index in [1.54, 1.807) is 17.0 Å². The molecule has 5 heteroatoms. The molecular formula is C14H24N4O. The van der Waals surface area contributed by atoms with Gasteiger partial charge < -0.3 is 20.9 Å². The van der Waals surface area contributed by atoms with Crippen LogP contribution in [0.2, 0.25) is 0 Å². The van der Waals surface area contributed by atoms with Crippen LogP contribution in [0.4, 0.5) is 16.2 Å². The summed E-state index contributed by atoms with van der Waals surface area (Å²) in [6.45, 7) is 4.40. The van der Waals surface area contributed by atoms with Crippen LogP contribution >= 0.6 is 0 Å². The molecule has 5 nitrogen and oxygen atoms in total. The number of hydrogen-bond donors (Lipinski definition) is 2. The summed E-state index contributed by atoms with van der Waals surface area (Å²) in [5, 5.41) is 2.87. The molecular weight excluding hydrogens is 240 g/mol. The SMILES string of the molecule is CCN(CCCN(C)C)C(=O)Nc1cccc(N)c1. The summed E-state index contributed by atoms with van der Waals surface area (Å²) >= 11 is 0. The van der Waals surface area contributed by atoms with Gasteiger partial charge in [0.05, 0.1) is 0 Å². The van der Waals surface area contributed by atoms with E-state index in [2.05, 4.69) is 10.2 Å². The quantitative estimate of drug-likeness (QED) is 0.773. The van der Waals surface area contributed by atoms with Crippen molar-refractivity contribution in [3.05, 3.63) is 24.3 Å². The number of benzene rings is 1. The molecule has 0 radical (unpaired) electrons. The van der Waals surface area contributed by atoms with E-state index >= 15 is 0 Å². The van der Waals surface area contributed by atoms with Gasteiger partial charge in [0.2, 0.25) is 0 Å². The second kappa shape index (κ2) is 7.63. The van der Waals surface area contributed by atoms with Crippen LogP contribution in [0.5, 0.6) is 0 Å². The van der Waals surface area contributed by atoms with Crippen molar-refractivity contribution in [1.82, 2.24) is 9.80 Å². The van der Waals surface area contributed by atoms with E-state index in [4.69, 9.17) is 5.73 Å². The second-order valence-electron chi connectivity index (χ2n) is 4.79. The first-order valence-electron chi connectivity index (χ1n) is 6.59. The fraction of sp³-hybridized carbons (Fsp3) is 0.500. The number of anilines is 2. The Morgan fingerprint density at radius 2 is 2.05 bits per heavy atom. The zero-order chi connectivity index (χ0) is 14.3. The number of carbonyl (C=O) groups excluding carboxylic acids is 1. The molecule has 0 heterocycles. The molecule has 1 aromatic rings. The molecule has 0 aliphatic rings. The van der Waals surface area contributed by atoms with Crippen LogP contribution in [0.15, 0.2) is 24.3 Å². The first-order chi connectivity index (χ1) is 9.02. The highest BCUT2D eigenvalue weighted by Gasteiger charge is 2.11. The zero-order valence-corrected chi connectivity index (χ0v) is 12.0. The summed E-state index contributed by atoms with van der Waals surface area (Å²) in [5.41, 5.74) is 7.07. The van der Waals surface area contributed by atoms with Crippen molar-refractivity contribution in [2.75, 3.05) is 44.8 Å². The van der Waals surface area contributed by atoms with Crippen molar-refractivity contribution in [2.24, 2.45) is 0 Å². The molecule has 0 fully saturated rings. The van der Waals surface area contributed by atoms with Crippen molar-refractivity contribution in [2.45, 2.75) is 13.3 Å². The number of amides is 2. The number of nitrogen functional groups attached to an aromatic ring is 1. The molecule has 0 saturated heterocycles. The summed E-state index contributed by atoms with van der Waals surface area (Å²) in [7, 11) is 4.06. The molecule has 0 aromatic heterocycles. The van der Waals surface area contributed by atoms with Gasteiger partial charge in [-0.15, -0.1) is 0 Å². The molecule has 0 unspecified atom stereocenters. The minimum absolute atomic E-state index is 0.0770. The normalized spacial score (nSPS) is 10.5. The van der Waals surface area contributed by atoms with Crippen LogP contribution < -0.4 is 11.1 Å². The third-order valence-electron chi connectivity index (χ3n) is 2.84. The third kappa shape index (κ3) is 5.61. The highest BCUT2D eigenvalue weighted by atomic mass is 16.2. The predicted molar refractivity (Wildman–Crippen MR) is 80.3 cm³/mol. The number of hydrogen-bond acceptors (Lipinski definition) is 3. The second-order valence-corrected chi connectivity index (χ2v) is 4.79. The maximum absolute atomic E-state index is 12.1. The molecule has 1 aromatic carbocycles. The Balaban J connectivity index is 2.49. The number of rotatable bonds is 6. The topological polar surface area (TPSA) is 61.6 Å². The average molecular weight is 264 g/mol. The maximum Gasteiger partial charge on any atom is 0.321 e. The van der Waals surface area contributed by atoms with Gasteiger partial charge in [0, 0.05) is 24.5 Å². The van der Waals surface area contributed by atoms with E-state index in [-0.39, 0.29) is 6.03 Å². The molecule has 0 bridgehead atoms. The molecule has 0 aliphatic carbocycles. The molecule has 3 N–H and O–H groups in total. The van der Waals surface area contributed by atoms with Gasteiger partial charge in [-0.05, 0) is 52.2 Å². The van der Waals surface area contributed by atoms with Crippen molar-refractivity contribution < 1.29 is 4.79 Å². The minimum atomic E-state index is -0.0770. The van der Waals surface area contributed by atoms with Crippen LogP contribution in [-0.2, 0) is 0 Å². The zero-order valence-electron chi connectivity index (χ0n) is 12.0. The minimum Gasteiger partial charge on any atom is -0.399 e. The Hall–Kier alpha value is -1.75. The number of nitrogens with two attached hydrogens (primary N) is 1. The van der Waals surface area contributed by atoms with E-state index < -0.39 is 0 Å². The van der Waals surface area contributed by atoms with Gasteiger partial charge in [-0.2, -0.15) is 0 Å². The van der Waals surface area contributed by atoms with E-state index in [0.29, 0.717) is 12.2 Å². The number of carbonyl (C=O) groups is 1. The smallest absolute Gasteiger partial charge is 0.321 e. The Labute approximate surface area is 115 Å². The van der Waals surface area contributed by atoms with Crippen molar-refractivity contribution in [1.29, 1.82) is 0 Å². The van der Waals surface area contributed by atoms with E-state index in [9.17, 15) is 4.79 Å². The first kappa shape index (κ1) is 15.3. The lowest BCUT2D eigenvalue weighted by atomic mass is 10.3. The predicted octanol–water partition coefficient (Wildman–Crippen LogP) is 2.07. The Bertz CT molecular complexity index is 406. The van der Waals surface area contributed by atoms with Crippen LogP contribution in [0.1, 0.15) is 13.3 Å². The van der Waals surface area contributed by atoms with Crippen molar-refractivity contribution >= 4 is 17.4 Å². The molecule has 1 rings (SSSR count). The third-order valence-corrected chi connectivity index (χ3v) is 2.84. The monoisotopic (exact) mass is 264 g/mol. The van der Waals surface area contributed by atoms with Gasteiger partial charge in [-0.25, -0.2) is 4.79 Å². The van der Waals surface area contributed by atoms with Gasteiger partial charge in [0.25, 0.3) is 0 Å².